The lowest BCUT2D eigenvalue weighted by molar-refractivity contribution is 1.18. The summed E-state index contributed by atoms with van der Waals surface area (Å²) in [6, 6.07) is 80.5. The Balaban J connectivity index is 0.974. The molecule has 3 nitrogen and oxygen atoms in total. The highest BCUT2D eigenvalue weighted by atomic mass is 15.0. The van der Waals surface area contributed by atoms with Gasteiger partial charge in [-0.3, -0.25) is 0 Å². The van der Waals surface area contributed by atoms with Gasteiger partial charge >= 0.3 is 0 Å². The second kappa shape index (κ2) is 14.3. The molecule has 12 aromatic rings. The minimum atomic E-state index is 0.691. The van der Waals surface area contributed by atoms with Gasteiger partial charge in [-0.05, 0) is 97.0 Å². The van der Waals surface area contributed by atoms with Gasteiger partial charge in [-0.2, -0.15) is 0 Å². The van der Waals surface area contributed by atoms with Gasteiger partial charge in [0.1, 0.15) is 0 Å². The van der Waals surface area contributed by atoms with Crippen LogP contribution in [0.4, 0.5) is 0 Å². The zero-order valence-corrected chi connectivity index (χ0v) is 33.2. The average molecular weight is 776 g/mol. The third kappa shape index (κ3) is 5.98. The van der Waals surface area contributed by atoms with E-state index in [2.05, 4.69) is 223 Å². The molecule has 12 rings (SSSR count). The fourth-order valence-electron chi connectivity index (χ4n) is 9.26. The molecule has 0 saturated carbocycles. The smallest absolute Gasteiger partial charge is 0.160 e. The highest BCUT2D eigenvalue weighted by molar-refractivity contribution is 6.20. The van der Waals surface area contributed by atoms with Gasteiger partial charge in [0.15, 0.2) is 5.82 Å². The van der Waals surface area contributed by atoms with Crippen LogP contribution in [0.15, 0.2) is 224 Å². The van der Waals surface area contributed by atoms with Gasteiger partial charge in [0, 0.05) is 33.2 Å². The van der Waals surface area contributed by atoms with E-state index in [9.17, 15) is 0 Å². The summed E-state index contributed by atoms with van der Waals surface area (Å²) >= 11 is 0. The van der Waals surface area contributed by atoms with E-state index in [1.54, 1.807) is 0 Å². The molecular formula is C58H37N3. The number of hydrogen-bond acceptors (Lipinski definition) is 2. The minimum absolute atomic E-state index is 0.691. The zero-order valence-electron chi connectivity index (χ0n) is 33.2. The predicted octanol–water partition coefficient (Wildman–Crippen LogP) is 15.4. The van der Waals surface area contributed by atoms with E-state index in [4.69, 9.17) is 9.97 Å². The fraction of sp³-hybridized carbons (Fsp3) is 0. The molecule has 0 aliphatic heterocycles. The van der Waals surface area contributed by atoms with Crippen LogP contribution in [0, 0.1) is 0 Å². The number of benzene rings is 10. The number of para-hydroxylation sites is 2. The second-order valence-electron chi connectivity index (χ2n) is 15.8. The number of hydrogen-bond donors (Lipinski definition) is 0. The summed E-state index contributed by atoms with van der Waals surface area (Å²) in [6.45, 7) is 0. The van der Waals surface area contributed by atoms with Crippen molar-refractivity contribution in [3.63, 3.8) is 0 Å². The zero-order chi connectivity index (χ0) is 40.3. The van der Waals surface area contributed by atoms with Gasteiger partial charge < -0.3 is 4.57 Å². The molecule has 0 fully saturated rings. The maximum absolute atomic E-state index is 5.29. The van der Waals surface area contributed by atoms with Gasteiger partial charge in [0.05, 0.1) is 22.4 Å². The Kier molecular flexibility index (Phi) is 8.17. The van der Waals surface area contributed by atoms with Crippen molar-refractivity contribution < 1.29 is 0 Å². The molecule has 2 aromatic heterocycles. The van der Waals surface area contributed by atoms with E-state index in [1.807, 2.05) is 6.07 Å². The molecule has 2 heterocycles. The Labute approximate surface area is 353 Å². The summed E-state index contributed by atoms with van der Waals surface area (Å²) in [6.07, 6.45) is 0. The van der Waals surface area contributed by atoms with E-state index in [1.165, 1.54) is 59.7 Å². The lowest BCUT2D eigenvalue weighted by Crippen LogP contribution is -1.96. The van der Waals surface area contributed by atoms with Crippen molar-refractivity contribution >= 4 is 54.1 Å². The molecule has 0 atom stereocenters. The van der Waals surface area contributed by atoms with Crippen LogP contribution in [0.3, 0.4) is 0 Å². The van der Waals surface area contributed by atoms with E-state index in [-0.39, 0.29) is 0 Å². The number of nitrogens with zero attached hydrogens (tertiary/aromatic N) is 3. The lowest BCUT2D eigenvalue weighted by Gasteiger charge is -2.15. The first-order chi connectivity index (χ1) is 30.2. The van der Waals surface area contributed by atoms with Gasteiger partial charge in [-0.15, -0.1) is 0 Å². The summed E-state index contributed by atoms with van der Waals surface area (Å²) in [5.41, 5.74) is 13.0. The summed E-state index contributed by atoms with van der Waals surface area (Å²) in [5, 5.41) is 9.98. The molecule has 0 saturated heterocycles. The molecule has 0 N–H and O–H groups in total. The normalized spacial score (nSPS) is 11.6. The molecule has 3 heteroatoms. The Morgan fingerprint density at radius 1 is 0.279 bits per heavy atom. The molecule has 0 unspecified atom stereocenters. The molecule has 0 bridgehead atoms. The summed E-state index contributed by atoms with van der Waals surface area (Å²) in [5.74, 6) is 0.691. The number of fused-ring (bicyclic) bond motifs is 7. The van der Waals surface area contributed by atoms with Crippen LogP contribution in [0.25, 0.3) is 116 Å². The lowest BCUT2D eigenvalue weighted by atomic mass is 9.89. The van der Waals surface area contributed by atoms with Crippen molar-refractivity contribution in [3.8, 4) is 61.8 Å². The molecule has 0 aliphatic rings. The summed E-state index contributed by atoms with van der Waals surface area (Å²) in [7, 11) is 0. The van der Waals surface area contributed by atoms with Crippen molar-refractivity contribution in [1.29, 1.82) is 0 Å². The molecule has 0 aliphatic carbocycles. The van der Waals surface area contributed by atoms with Crippen LogP contribution < -0.4 is 0 Å². The Morgan fingerprint density at radius 2 is 0.852 bits per heavy atom. The van der Waals surface area contributed by atoms with Gasteiger partial charge in [-0.25, -0.2) is 9.97 Å². The maximum Gasteiger partial charge on any atom is 0.160 e. The van der Waals surface area contributed by atoms with Crippen LogP contribution in [-0.4, -0.2) is 14.5 Å². The van der Waals surface area contributed by atoms with E-state index in [0.29, 0.717) is 5.82 Å². The average Bonchev–Trinajstić information content (AvgIpc) is 3.67. The van der Waals surface area contributed by atoms with Crippen LogP contribution in [0.2, 0.25) is 0 Å². The van der Waals surface area contributed by atoms with Crippen molar-refractivity contribution in [2.75, 3.05) is 0 Å². The number of aromatic nitrogens is 3. The van der Waals surface area contributed by atoms with E-state index >= 15 is 0 Å². The Bertz CT molecular complexity index is 3620. The van der Waals surface area contributed by atoms with E-state index in [0.717, 1.165) is 50.5 Å². The SMILES string of the molecule is c1ccc(-c2cc(-c3cccc(-c4ccc5c6ccccc6n(-c6ccccc6)c5c4)c3)nc(-c3ccc(-c4c5ccccc5cc5c4ccc4ccccc45)cc3)n2)cc1. The molecule has 284 valence electrons. The molecule has 61 heavy (non-hydrogen) atoms. The van der Waals surface area contributed by atoms with Gasteiger partial charge in [0.25, 0.3) is 0 Å². The standard InChI is InChI=1S/C58H37N3/c1-3-15-39(16-4-1)53-37-54(45-19-13-18-42(34-45)43-31-32-50-49-24-11-12-25-55(49)61(56(50)36-43)46-20-5-2-6-21-46)60-58(59-53)41-28-26-40(27-29-41)57-48-23-10-8-17-44(48)35-52-47-22-9-7-14-38(47)30-33-51(52)57/h1-37H. The van der Waals surface area contributed by atoms with Crippen LogP contribution in [0.5, 0.6) is 0 Å². The monoisotopic (exact) mass is 775 g/mol. The summed E-state index contributed by atoms with van der Waals surface area (Å²) in [4.78, 5) is 10.5. The third-order valence-electron chi connectivity index (χ3n) is 12.2. The second-order valence-corrected chi connectivity index (χ2v) is 15.8. The number of rotatable bonds is 6. The Morgan fingerprint density at radius 3 is 1.67 bits per heavy atom. The molecule has 0 amide bonds. The molecular weight excluding hydrogens is 739 g/mol. The van der Waals surface area contributed by atoms with Crippen molar-refractivity contribution in [1.82, 2.24) is 14.5 Å². The highest BCUT2D eigenvalue weighted by Crippen LogP contribution is 2.41. The predicted molar refractivity (Wildman–Crippen MR) is 256 cm³/mol. The Hall–Kier alpha value is -8.14. The van der Waals surface area contributed by atoms with Crippen LogP contribution in [0.1, 0.15) is 0 Å². The first-order valence-corrected chi connectivity index (χ1v) is 20.8. The highest BCUT2D eigenvalue weighted by Gasteiger charge is 2.17. The van der Waals surface area contributed by atoms with Crippen LogP contribution in [-0.2, 0) is 0 Å². The molecule has 0 radical (unpaired) electrons. The van der Waals surface area contributed by atoms with Crippen molar-refractivity contribution in [2.24, 2.45) is 0 Å². The molecule has 0 spiro atoms. The third-order valence-corrected chi connectivity index (χ3v) is 12.2. The van der Waals surface area contributed by atoms with Gasteiger partial charge in [-0.1, -0.05) is 182 Å². The summed E-state index contributed by atoms with van der Waals surface area (Å²) < 4.78 is 2.37. The fourth-order valence-corrected chi connectivity index (χ4v) is 9.26. The van der Waals surface area contributed by atoms with Crippen molar-refractivity contribution in [3.05, 3.63) is 224 Å². The van der Waals surface area contributed by atoms with Gasteiger partial charge in [0.2, 0.25) is 0 Å². The minimum Gasteiger partial charge on any atom is -0.309 e. The maximum atomic E-state index is 5.29. The van der Waals surface area contributed by atoms with E-state index < -0.39 is 0 Å². The first kappa shape index (κ1) is 34.9. The topological polar surface area (TPSA) is 30.7 Å². The largest absolute Gasteiger partial charge is 0.309 e. The quantitative estimate of drug-likeness (QED) is 0.124. The molecule has 10 aromatic carbocycles. The van der Waals surface area contributed by atoms with Crippen LogP contribution >= 0.6 is 0 Å². The van der Waals surface area contributed by atoms with Crippen molar-refractivity contribution in [2.45, 2.75) is 0 Å². The first-order valence-electron chi connectivity index (χ1n) is 20.8.